The maximum atomic E-state index is 12.7. The predicted molar refractivity (Wildman–Crippen MR) is 68.0 cm³/mol. The first-order valence-electron chi connectivity index (χ1n) is 6.36. The van der Waals surface area contributed by atoms with Gasteiger partial charge in [0.05, 0.1) is 11.3 Å². The first-order valence-corrected chi connectivity index (χ1v) is 6.36. The second-order valence-corrected chi connectivity index (χ2v) is 4.98. The molecular weight excluding hydrogens is 273 g/mol. The van der Waals surface area contributed by atoms with Crippen molar-refractivity contribution in [3.05, 3.63) is 23.8 Å². The lowest BCUT2D eigenvalue weighted by Gasteiger charge is -2.29. The molecule has 0 saturated carbocycles. The van der Waals surface area contributed by atoms with Gasteiger partial charge in [0.2, 0.25) is 0 Å². The zero-order chi connectivity index (χ0) is 14.8. The van der Waals surface area contributed by atoms with Crippen LogP contribution in [-0.4, -0.2) is 36.3 Å². The lowest BCUT2D eigenvalue weighted by atomic mass is 10.1. The molecular formula is C13H17F3N2O2. The van der Waals surface area contributed by atoms with Crippen molar-refractivity contribution in [1.29, 1.82) is 0 Å². The van der Waals surface area contributed by atoms with E-state index in [1.54, 1.807) is 5.48 Å². The lowest BCUT2D eigenvalue weighted by Crippen LogP contribution is -2.35. The summed E-state index contributed by atoms with van der Waals surface area (Å²) in [4.78, 5) is 2.15. The number of benzene rings is 1. The maximum Gasteiger partial charge on any atom is 0.416 e. The second-order valence-electron chi connectivity index (χ2n) is 4.98. The normalized spacial score (nSPS) is 18.1. The van der Waals surface area contributed by atoms with E-state index in [1.807, 2.05) is 7.05 Å². The summed E-state index contributed by atoms with van der Waals surface area (Å²) in [7, 11) is 1.99. The average molecular weight is 290 g/mol. The summed E-state index contributed by atoms with van der Waals surface area (Å²) in [6.45, 7) is 1.71. The third-order valence-electron chi connectivity index (χ3n) is 3.33. The molecule has 2 N–H and O–H groups in total. The van der Waals surface area contributed by atoms with E-state index < -0.39 is 11.7 Å². The molecule has 0 unspecified atom stereocenters. The summed E-state index contributed by atoms with van der Waals surface area (Å²) in [6, 6.07) is 3.15. The molecule has 1 heterocycles. The zero-order valence-corrected chi connectivity index (χ0v) is 11.1. The highest BCUT2D eigenvalue weighted by molar-refractivity contribution is 5.50. The molecule has 0 radical (unpaired) electrons. The molecule has 7 heteroatoms. The number of hydrogen-bond acceptors (Lipinski definition) is 4. The zero-order valence-electron chi connectivity index (χ0n) is 11.1. The fourth-order valence-corrected chi connectivity index (χ4v) is 2.19. The van der Waals surface area contributed by atoms with E-state index >= 15 is 0 Å². The summed E-state index contributed by atoms with van der Waals surface area (Å²) >= 11 is 0. The maximum absolute atomic E-state index is 12.7. The minimum Gasteiger partial charge on any atom is -0.490 e. The summed E-state index contributed by atoms with van der Waals surface area (Å²) in [5, 5.41) is 8.81. The van der Waals surface area contributed by atoms with Crippen LogP contribution in [0, 0.1) is 0 Å². The van der Waals surface area contributed by atoms with Gasteiger partial charge < -0.3 is 9.64 Å². The van der Waals surface area contributed by atoms with E-state index in [4.69, 9.17) is 9.94 Å². The molecule has 20 heavy (non-hydrogen) atoms. The van der Waals surface area contributed by atoms with Gasteiger partial charge >= 0.3 is 6.18 Å². The van der Waals surface area contributed by atoms with Gasteiger partial charge in [-0.25, -0.2) is 0 Å². The molecule has 4 nitrogen and oxygen atoms in total. The van der Waals surface area contributed by atoms with Crippen molar-refractivity contribution < 1.29 is 23.1 Å². The van der Waals surface area contributed by atoms with Crippen molar-refractivity contribution in [3.8, 4) is 5.75 Å². The van der Waals surface area contributed by atoms with E-state index in [-0.39, 0.29) is 17.5 Å². The average Bonchev–Trinajstić information content (AvgIpc) is 2.40. The van der Waals surface area contributed by atoms with Crippen LogP contribution >= 0.6 is 0 Å². The number of alkyl halides is 3. The highest BCUT2D eigenvalue weighted by atomic mass is 19.4. The van der Waals surface area contributed by atoms with Gasteiger partial charge in [0.15, 0.2) is 0 Å². The highest BCUT2D eigenvalue weighted by Crippen LogP contribution is 2.34. The number of piperidine rings is 1. The molecule has 1 aliphatic rings. The van der Waals surface area contributed by atoms with Gasteiger partial charge in [0, 0.05) is 19.2 Å². The van der Waals surface area contributed by atoms with Crippen molar-refractivity contribution in [3.63, 3.8) is 0 Å². The SMILES string of the molecule is CN1CCC(Oc2cc(NO)cc(C(F)(F)F)c2)CC1. The van der Waals surface area contributed by atoms with Crippen LogP contribution in [0.2, 0.25) is 0 Å². The van der Waals surface area contributed by atoms with E-state index in [0.717, 1.165) is 38.1 Å². The topological polar surface area (TPSA) is 44.7 Å². The third-order valence-corrected chi connectivity index (χ3v) is 3.33. The Labute approximate surface area is 115 Å². The van der Waals surface area contributed by atoms with Gasteiger partial charge in [-0.05, 0) is 32.0 Å². The van der Waals surface area contributed by atoms with Gasteiger partial charge in [0.25, 0.3) is 0 Å². The molecule has 2 rings (SSSR count). The molecule has 1 aromatic rings. The lowest BCUT2D eigenvalue weighted by molar-refractivity contribution is -0.137. The van der Waals surface area contributed by atoms with Crippen molar-refractivity contribution in [2.24, 2.45) is 0 Å². The Kier molecular flexibility index (Phi) is 4.39. The summed E-state index contributed by atoms with van der Waals surface area (Å²) in [6.07, 6.45) is -3.03. The smallest absolute Gasteiger partial charge is 0.416 e. The Morgan fingerprint density at radius 3 is 2.45 bits per heavy atom. The number of nitrogens with zero attached hydrogens (tertiary/aromatic N) is 1. The Hall–Kier alpha value is -1.47. The molecule has 0 atom stereocenters. The molecule has 1 saturated heterocycles. The molecule has 0 amide bonds. The number of anilines is 1. The summed E-state index contributed by atoms with van der Waals surface area (Å²) < 4.78 is 43.8. The molecule has 0 aromatic heterocycles. The molecule has 0 bridgehead atoms. The fraction of sp³-hybridized carbons (Fsp3) is 0.538. The minimum atomic E-state index is -4.47. The van der Waals surface area contributed by atoms with Gasteiger partial charge in [-0.15, -0.1) is 0 Å². The van der Waals surface area contributed by atoms with Gasteiger partial charge in [0.1, 0.15) is 11.9 Å². The molecule has 1 aromatic carbocycles. The van der Waals surface area contributed by atoms with Crippen molar-refractivity contribution >= 4 is 5.69 Å². The summed E-state index contributed by atoms with van der Waals surface area (Å²) in [5.74, 6) is 0.117. The molecule has 0 aliphatic carbocycles. The van der Waals surface area contributed by atoms with Gasteiger partial charge in [-0.2, -0.15) is 13.2 Å². The minimum absolute atomic E-state index is 0.0391. The van der Waals surface area contributed by atoms with Crippen LogP contribution < -0.4 is 10.2 Å². The van der Waals surface area contributed by atoms with Crippen LogP contribution in [-0.2, 0) is 6.18 Å². The monoisotopic (exact) mass is 290 g/mol. The van der Waals surface area contributed by atoms with Crippen LogP contribution in [0.1, 0.15) is 18.4 Å². The largest absolute Gasteiger partial charge is 0.490 e. The third kappa shape index (κ3) is 3.77. The first-order chi connectivity index (χ1) is 9.38. The Morgan fingerprint density at radius 1 is 1.25 bits per heavy atom. The van der Waals surface area contributed by atoms with E-state index in [0.29, 0.717) is 0 Å². The van der Waals surface area contributed by atoms with E-state index in [9.17, 15) is 13.2 Å². The number of halogens is 3. The Balaban J connectivity index is 2.14. The standard InChI is InChI=1S/C13H17F3N2O2/c1-18-4-2-11(3-5-18)20-12-7-9(13(14,15)16)6-10(8-12)17-19/h6-8,11,17,19H,2-5H2,1H3. The van der Waals surface area contributed by atoms with Crippen LogP contribution in [0.3, 0.4) is 0 Å². The number of ether oxygens (including phenoxy) is 1. The molecule has 112 valence electrons. The van der Waals surface area contributed by atoms with E-state index in [2.05, 4.69) is 4.90 Å². The Bertz CT molecular complexity index is 457. The first kappa shape index (κ1) is 14.9. The second kappa shape index (κ2) is 5.88. The summed E-state index contributed by atoms with van der Waals surface area (Å²) in [5.41, 5.74) is 0.849. The quantitative estimate of drug-likeness (QED) is 0.840. The van der Waals surface area contributed by atoms with Crippen LogP contribution in [0.5, 0.6) is 5.75 Å². The highest BCUT2D eigenvalue weighted by Gasteiger charge is 2.32. The number of rotatable bonds is 3. The molecule has 1 fully saturated rings. The van der Waals surface area contributed by atoms with Crippen LogP contribution in [0.4, 0.5) is 18.9 Å². The Morgan fingerprint density at radius 2 is 1.90 bits per heavy atom. The van der Waals surface area contributed by atoms with Crippen molar-refractivity contribution in [2.45, 2.75) is 25.1 Å². The van der Waals surface area contributed by atoms with Gasteiger partial charge in [-0.1, -0.05) is 0 Å². The van der Waals surface area contributed by atoms with E-state index in [1.165, 1.54) is 6.07 Å². The van der Waals surface area contributed by atoms with Crippen LogP contribution in [0.25, 0.3) is 0 Å². The van der Waals surface area contributed by atoms with Crippen LogP contribution in [0.15, 0.2) is 18.2 Å². The molecule has 1 aliphatic heterocycles. The van der Waals surface area contributed by atoms with Crippen molar-refractivity contribution in [1.82, 2.24) is 4.90 Å². The van der Waals surface area contributed by atoms with Gasteiger partial charge in [-0.3, -0.25) is 10.7 Å². The number of nitrogens with one attached hydrogen (secondary N) is 1. The number of hydrogen-bond donors (Lipinski definition) is 2. The van der Waals surface area contributed by atoms with Crippen molar-refractivity contribution in [2.75, 3.05) is 25.6 Å². The molecule has 0 spiro atoms. The fourth-order valence-electron chi connectivity index (χ4n) is 2.19. The number of likely N-dealkylation sites (tertiary alicyclic amines) is 1. The predicted octanol–water partition coefficient (Wildman–Crippen LogP) is 2.98.